The van der Waals surface area contributed by atoms with Gasteiger partial charge < -0.3 is 9.64 Å². The zero-order valence-electron chi connectivity index (χ0n) is 12.1. The van der Waals surface area contributed by atoms with Crippen LogP contribution in [0.5, 0.6) is 0 Å². The van der Waals surface area contributed by atoms with Gasteiger partial charge in [0.25, 0.3) is 0 Å². The molecule has 0 radical (unpaired) electrons. The molecule has 0 saturated carbocycles. The van der Waals surface area contributed by atoms with Gasteiger partial charge in [-0.3, -0.25) is 15.2 Å². The summed E-state index contributed by atoms with van der Waals surface area (Å²) in [7, 11) is 1.60. The maximum Gasteiger partial charge on any atom is 0.242 e. The smallest absolute Gasteiger partial charge is 0.242 e. The van der Waals surface area contributed by atoms with Crippen LogP contribution in [-0.2, 0) is 16.1 Å². The van der Waals surface area contributed by atoms with Gasteiger partial charge in [-0.05, 0) is 18.2 Å². The van der Waals surface area contributed by atoms with Gasteiger partial charge in [0, 0.05) is 24.7 Å². The molecule has 2 N–H and O–H groups in total. The van der Waals surface area contributed by atoms with E-state index in [1.807, 2.05) is 23.1 Å². The number of thiophene rings is 1. The van der Waals surface area contributed by atoms with E-state index < -0.39 is 0 Å². The first-order valence-electron chi connectivity index (χ1n) is 6.94. The van der Waals surface area contributed by atoms with Gasteiger partial charge in [-0.1, -0.05) is 11.6 Å². The summed E-state index contributed by atoms with van der Waals surface area (Å²) in [6.07, 6.45) is 1.69. The normalized spacial score (nSPS) is 22.3. The molecule has 2 aromatic heterocycles. The zero-order chi connectivity index (χ0) is 15.5. The van der Waals surface area contributed by atoms with E-state index in [-0.39, 0.29) is 18.0 Å². The third kappa shape index (κ3) is 3.33. The Morgan fingerprint density at radius 3 is 3.00 bits per heavy atom. The van der Waals surface area contributed by atoms with Crippen molar-refractivity contribution in [3.63, 3.8) is 0 Å². The van der Waals surface area contributed by atoms with Crippen LogP contribution in [0.2, 0.25) is 4.34 Å². The number of methoxy groups -OCH3 is 1. The first-order valence-corrected chi connectivity index (χ1v) is 8.14. The van der Waals surface area contributed by atoms with Gasteiger partial charge in [-0.25, -0.2) is 0 Å². The van der Waals surface area contributed by atoms with E-state index in [9.17, 15) is 4.79 Å². The van der Waals surface area contributed by atoms with Crippen molar-refractivity contribution in [1.29, 1.82) is 0 Å². The lowest BCUT2D eigenvalue weighted by molar-refractivity contribution is -0.139. The molecule has 22 heavy (non-hydrogen) atoms. The van der Waals surface area contributed by atoms with E-state index >= 15 is 0 Å². The molecule has 0 aliphatic carbocycles. The molecule has 118 valence electrons. The van der Waals surface area contributed by atoms with Gasteiger partial charge >= 0.3 is 0 Å². The molecule has 1 fully saturated rings. The minimum atomic E-state index is -0.354. The molecule has 1 saturated heterocycles. The van der Waals surface area contributed by atoms with Crippen molar-refractivity contribution in [3.8, 4) is 0 Å². The minimum absolute atomic E-state index is 0.0374. The second-order valence-electron chi connectivity index (χ2n) is 5.17. The number of aromatic amines is 1. The van der Waals surface area contributed by atoms with E-state index in [2.05, 4.69) is 15.5 Å². The molecule has 3 heterocycles. The molecule has 3 rings (SSSR count). The number of halogens is 1. The summed E-state index contributed by atoms with van der Waals surface area (Å²) in [5.74, 6) is 0.0374. The van der Waals surface area contributed by atoms with Crippen molar-refractivity contribution in [1.82, 2.24) is 20.4 Å². The lowest BCUT2D eigenvalue weighted by Gasteiger charge is -2.37. The van der Waals surface area contributed by atoms with Crippen LogP contribution in [-0.4, -0.2) is 47.3 Å². The molecular formula is C14H17ClN4O2S. The fourth-order valence-electron chi connectivity index (χ4n) is 2.59. The maximum atomic E-state index is 12.6. The van der Waals surface area contributed by atoms with Gasteiger partial charge in [-0.2, -0.15) is 5.10 Å². The molecule has 1 amide bonds. The van der Waals surface area contributed by atoms with Crippen LogP contribution in [0.1, 0.15) is 16.6 Å². The Kier molecular flexibility index (Phi) is 4.77. The number of aromatic nitrogens is 2. The zero-order valence-corrected chi connectivity index (χ0v) is 13.7. The summed E-state index contributed by atoms with van der Waals surface area (Å²) in [6.45, 7) is 1.44. The van der Waals surface area contributed by atoms with Gasteiger partial charge in [0.15, 0.2) is 0 Å². The van der Waals surface area contributed by atoms with Crippen LogP contribution < -0.4 is 5.32 Å². The topological polar surface area (TPSA) is 70.2 Å². The van der Waals surface area contributed by atoms with E-state index in [0.717, 1.165) is 14.9 Å². The van der Waals surface area contributed by atoms with Crippen molar-refractivity contribution in [2.75, 3.05) is 20.3 Å². The number of H-pyrrole nitrogens is 1. The highest BCUT2D eigenvalue weighted by Gasteiger charge is 2.35. The molecular weight excluding hydrogens is 324 g/mol. The SMILES string of the molecule is COC[C@@H]1NC(c2ccc(Cl)s2)CN(Cc2ccn[nH]2)C1=O. The number of nitrogens with one attached hydrogen (secondary N) is 2. The van der Waals surface area contributed by atoms with Crippen LogP contribution in [0.25, 0.3) is 0 Å². The maximum absolute atomic E-state index is 12.6. The number of carbonyl (C=O) groups is 1. The quantitative estimate of drug-likeness (QED) is 0.871. The number of hydrogen-bond donors (Lipinski definition) is 2. The van der Waals surface area contributed by atoms with Crippen molar-refractivity contribution < 1.29 is 9.53 Å². The first kappa shape index (κ1) is 15.5. The summed E-state index contributed by atoms with van der Waals surface area (Å²) >= 11 is 7.56. The van der Waals surface area contributed by atoms with Crippen molar-refractivity contribution >= 4 is 28.8 Å². The van der Waals surface area contributed by atoms with Gasteiger partial charge in [0.2, 0.25) is 5.91 Å². The van der Waals surface area contributed by atoms with Crippen molar-refractivity contribution in [3.05, 3.63) is 39.3 Å². The monoisotopic (exact) mass is 340 g/mol. The highest BCUT2D eigenvalue weighted by atomic mass is 35.5. The lowest BCUT2D eigenvalue weighted by Crippen LogP contribution is -2.57. The Hall–Kier alpha value is -1.41. The molecule has 0 bridgehead atoms. The van der Waals surface area contributed by atoms with Crippen LogP contribution in [0.15, 0.2) is 24.4 Å². The summed E-state index contributed by atoms with van der Waals surface area (Å²) < 4.78 is 5.92. The Bertz CT molecular complexity index is 631. The Morgan fingerprint density at radius 1 is 1.50 bits per heavy atom. The number of hydrogen-bond acceptors (Lipinski definition) is 5. The third-order valence-electron chi connectivity index (χ3n) is 3.61. The second-order valence-corrected chi connectivity index (χ2v) is 6.92. The predicted octanol–water partition coefficient (Wildman–Crippen LogP) is 1.81. The van der Waals surface area contributed by atoms with Crippen LogP contribution in [0.4, 0.5) is 0 Å². The standard InChI is InChI=1S/C14H17ClN4O2S/c1-21-8-11-14(20)19(6-9-4-5-16-18-9)7-10(17-11)12-2-3-13(15)22-12/h2-5,10-11,17H,6-8H2,1H3,(H,16,18)/t10?,11-/m0/s1. The fourth-order valence-corrected chi connectivity index (χ4v) is 3.70. The highest BCUT2D eigenvalue weighted by Crippen LogP contribution is 2.30. The average Bonchev–Trinajstić information content (AvgIpc) is 3.15. The summed E-state index contributed by atoms with van der Waals surface area (Å²) in [4.78, 5) is 15.5. The van der Waals surface area contributed by atoms with E-state index in [0.29, 0.717) is 19.7 Å². The largest absolute Gasteiger partial charge is 0.383 e. The van der Waals surface area contributed by atoms with Gasteiger partial charge in [-0.15, -0.1) is 11.3 Å². The van der Waals surface area contributed by atoms with E-state index in [1.165, 1.54) is 11.3 Å². The van der Waals surface area contributed by atoms with Crippen LogP contribution in [0, 0.1) is 0 Å². The molecule has 1 aliphatic heterocycles. The molecule has 2 atom stereocenters. The Morgan fingerprint density at radius 2 is 2.36 bits per heavy atom. The highest BCUT2D eigenvalue weighted by molar-refractivity contribution is 7.16. The molecule has 6 nitrogen and oxygen atoms in total. The molecule has 0 aromatic carbocycles. The summed E-state index contributed by atoms with van der Waals surface area (Å²) in [5, 5.41) is 10.2. The number of nitrogens with zero attached hydrogens (tertiary/aromatic N) is 2. The lowest BCUT2D eigenvalue weighted by atomic mass is 10.1. The van der Waals surface area contributed by atoms with Gasteiger partial charge in [0.05, 0.1) is 29.2 Å². The molecule has 1 aliphatic rings. The number of ether oxygens (including phenoxy) is 1. The van der Waals surface area contributed by atoms with Crippen molar-refractivity contribution in [2.45, 2.75) is 18.6 Å². The van der Waals surface area contributed by atoms with Gasteiger partial charge in [0.1, 0.15) is 6.04 Å². The number of rotatable bonds is 5. The predicted molar refractivity (Wildman–Crippen MR) is 84.9 cm³/mol. The number of amides is 1. The Labute approximate surface area is 137 Å². The van der Waals surface area contributed by atoms with Crippen molar-refractivity contribution in [2.24, 2.45) is 0 Å². The first-order chi connectivity index (χ1) is 10.7. The summed E-state index contributed by atoms with van der Waals surface area (Å²) in [6, 6.07) is 5.45. The summed E-state index contributed by atoms with van der Waals surface area (Å²) in [5.41, 5.74) is 0.911. The molecule has 8 heteroatoms. The fraction of sp³-hybridized carbons (Fsp3) is 0.429. The minimum Gasteiger partial charge on any atom is -0.383 e. The molecule has 1 unspecified atom stereocenters. The number of carbonyl (C=O) groups excluding carboxylic acids is 1. The average molecular weight is 341 g/mol. The molecule has 0 spiro atoms. The molecule has 2 aromatic rings. The second kappa shape index (κ2) is 6.78. The van der Waals surface area contributed by atoms with E-state index in [4.69, 9.17) is 16.3 Å². The van der Waals surface area contributed by atoms with Crippen LogP contribution in [0.3, 0.4) is 0 Å². The van der Waals surface area contributed by atoms with E-state index in [1.54, 1.807) is 13.3 Å². The van der Waals surface area contributed by atoms with Crippen LogP contribution >= 0.6 is 22.9 Å². The number of piperazine rings is 1. The third-order valence-corrected chi connectivity index (χ3v) is 4.95. The Balaban J connectivity index is 1.79.